The van der Waals surface area contributed by atoms with E-state index in [-0.39, 0.29) is 5.75 Å². The van der Waals surface area contributed by atoms with Crippen LogP contribution in [0.4, 0.5) is 0 Å². The SMILES string of the molecule is COc1c(C(CS(C)(=O)=O)NN)ccc(C)c1C. The van der Waals surface area contributed by atoms with Crippen molar-refractivity contribution < 1.29 is 13.2 Å². The van der Waals surface area contributed by atoms with Crippen LogP contribution < -0.4 is 16.0 Å². The number of aryl methyl sites for hydroxylation is 1. The Morgan fingerprint density at radius 3 is 2.44 bits per heavy atom. The lowest BCUT2D eigenvalue weighted by molar-refractivity contribution is 0.399. The molecular weight excluding hydrogens is 252 g/mol. The molecule has 102 valence electrons. The molecule has 0 fully saturated rings. The van der Waals surface area contributed by atoms with Crippen LogP contribution in [0.3, 0.4) is 0 Å². The molecule has 18 heavy (non-hydrogen) atoms. The zero-order valence-electron chi connectivity index (χ0n) is 11.1. The second kappa shape index (κ2) is 5.69. The highest BCUT2D eigenvalue weighted by Crippen LogP contribution is 2.31. The third-order valence-electron chi connectivity index (χ3n) is 2.96. The normalized spacial score (nSPS) is 13.4. The standard InChI is InChI=1S/C12H20N2O3S/c1-8-5-6-10(12(17-3)9(8)2)11(14-13)7-18(4,15)16/h5-6,11,14H,7,13H2,1-4H3. The molecular formula is C12H20N2O3S. The van der Waals surface area contributed by atoms with E-state index in [0.717, 1.165) is 16.7 Å². The third kappa shape index (κ3) is 3.44. The number of rotatable bonds is 5. The maximum atomic E-state index is 11.4. The highest BCUT2D eigenvalue weighted by Gasteiger charge is 2.21. The molecule has 0 aliphatic rings. The number of hydrazine groups is 1. The molecule has 0 aromatic heterocycles. The van der Waals surface area contributed by atoms with Gasteiger partial charge in [-0.2, -0.15) is 0 Å². The van der Waals surface area contributed by atoms with E-state index in [4.69, 9.17) is 10.6 Å². The third-order valence-corrected chi connectivity index (χ3v) is 3.90. The number of ether oxygens (including phenoxy) is 1. The van der Waals surface area contributed by atoms with E-state index in [1.807, 2.05) is 26.0 Å². The molecule has 1 aromatic rings. The van der Waals surface area contributed by atoms with Crippen molar-refractivity contribution in [2.45, 2.75) is 19.9 Å². The Balaban J connectivity index is 3.26. The lowest BCUT2D eigenvalue weighted by Crippen LogP contribution is -2.33. The topological polar surface area (TPSA) is 81.4 Å². The van der Waals surface area contributed by atoms with Crippen molar-refractivity contribution in [3.05, 3.63) is 28.8 Å². The van der Waals surface area contributed by atoms with E-state index >= 15 is 0 Å². The molecule has 1 aromatic carbocycles. The van der Waals surface area contributed by atoms with Gasteiger partial charge in [0.05, 0.1) is 18.9 Å². The molecule has 5 nitrogen and oxygen atoms in total. The summed E-state index contributed by atoms with van der Waals surface area (Å²) in [6, 6.07) is 3.30. The minimum Gasteiger partial charge on any atom is -0.496 e. The fourth-order valence-electron chi connectivity index (χ4n) is 1.89. The van der Waals surface area contributed by atoms with Crippen molar-refractivity contribution in [1.29, 1.82) is 0 Å². The highest BCUT2D eigenvalue weighted by atomic mass is 32.2. The van der Waals surface area contributed by atoms with Gasteiger partial charge in [-0.1, -0.05) is 12.1 Å². The first-order valence-electron chi connectivity index (χ1n) is 5.58. The first-order valence-corrected chi connectivity index (χ1v) is 7.64. The first kappa shape index (κ1) is 14.9. The Bertz CT molecular complexity index is 526. The van der Waals surface area contributed by atoms with E-state index in [9.17, 15) is 8.42 Å². The zero-order valence-corrected chi connectivity index (χ0v) is 12.0. The Labute approximate surface area is 108 Å². The predicted octanol–water partition coefficient (Wildman–Crippen LogP) is 0.861. The lowest BCUT2D eigenvalue weighted by atomic mass is 10.0. The first-order chi connectivity index (χ1) is 8.30. The van der Waals surface area contributed by atoms with Crippen molar-refractivity contribution in [3.8, 4) is 5.75 Å². The predicted molar refractivity (Wildman–Crippen MR) is 72.2 cm³/mol. The highest BCUT2D eigenvalue weighted by molar-refractivity contribution is 7.90. The summed E-state index contributed by atoms with van der Waals surface area (Å²) in [5.74, 6) is 6.07. The van der Waals surface area contributed by atoms with Crippen molar-refractivity contribution in [3.63, 3.8) is 0 Å². The number of hydrogen-bond acceptors (Lipinski definition) is 5. The molecule has 1 atom stereocenters. The molecule has 1 unspecified atom stereocenters. The molecule has 0 aliphatic heterocycles. The minimum absolute atomic E-state index is 0.0671. The summed E-state index contributed by atoms with van der Waals surface area (Å²) >= 11 is 0. The largest absolute Gasteiger partial charge is 0.496 e. The van der Waals surface area contributed by atoms with Gasteiger partial charge in [0, 0.05) is 11.8 Å². The number of benzene rings is 1. The number of methoxy groups -OCH3 is 1. The molecule has 0 radical (unpaired) electrons. The van der Waals surface area contributed by atoms with Gasteiger partial charge in [0.25, 0.3) is 0 Å². The summed E-state index contributed by atoms with van der Waals surface area (Å²) in [6.45, 7) is 3.91. The molecule has 6 heteroatoms. The van der Waals surface area contributed by atoms with Gasteiger partial charge >= 0.3 is 0 Å². The Hall–Kier alpha value is -1.11. The van der Waals surface area contributed by atoms with Gasteiger partial charge in [-0.25, -0.2) is 8.42 Å². The average Bonchev–Trinajstić information content (AvgIpc) is 2.28. The van der Waals surface area contributed by atoms with E-state index < -0.39 is 15.9 Å². The van der Waals surface area contributed by atoms with Gasteiger partial charge < -0.3 is 4.74 Å². The number of sulfone groups is 1. The summed E-state index contributed by atoms with van der Waals surface area (Å²) < 4.78 is 28.1. The summed E-state index contributed by atoms with van der Waals surface area (Å²) in [7, 11) is -1.56. The van der Waals surface area contributed by atoms with Crippen LogP contribution in [0.5, 0.6) is 5.75 Å². The van der Waals surface area contributed by atoms with Gasteiger partial charge in [-0.05, 0) is 25.0 Å². The smallest absolute Gasteiger partial charge is 0.149 e. The average molecular weight is 272 g/mol. The van der Waals surface area contributed by atoms with Crippen LogP contribution in [0.15, 0.2) is 12.1 Å². The Kier molecular flexibility index (Phi) is 4.72. The molecule has 0 saturated carbocycles. The molecule has 0 amide bonds. The molecule has 3 N–H and O–H groups in total. The quantitative estimate of drug-likeness (QED) is 0.614. The monoisotopic (exact) mass is 272 g/mol. The van der Waals surface area contributed by atoms with Crippen LogP contribution in [0.2, 0.25) is 0 Å². The van der Waals surface area contributed by atoms with Crippen molar-refractivity contribution in [2.24, 2.45) is 5.84 Å². The maximum absolute atomic E-state index is 11.4. The molecule has 1 rings (SSSR count). The molecule has 0 aliphatic carbocycles. The summed E-state index contributed by atoms with van der Waals surface area (Å²) in [4.78, 5) is 0. The van der Waals surface area contributed by atoms with Crippen LogP contribution in [-0.2, 0) is 9.84 Å². The van der Waals surface area contributed by atoms with Gasteiger partial charge in [0.2, 0.25) is 0 Å². The fraction of sp³-hybridized carbons (Fsp3) is 0.500. The lowest BCUT2D eigenvalue weighted by Gasteiger charge is -2.20. The van der Waals surface area contributed by atoms with Crippen molar-refractivity contribution >= 4 is 9.84 Å². The van der Waals surface area contributed by atoms with Gasteiger partial charge in [-0.3, -0.25) is 11.3 Å². The van der Waals surface area contributed by atoms with Crippen molar-refractivity contribution in [1.82, 2.24) is 5.43 Å². The minimum atomic E-state index is -3.13. The van der Waals surface area contributed by atoms with E-state index in [1.165, 1.54) is 6.26 Å². The molecule has 0 bridgehead atoms. The van der Waals surface area contributed by atoms with E-state index in [2.05, 4.69) is 5.43 Å². The van der Waals surface area contributed by atoms with Gasteiger partial charge in [-0.15, -0.1) is 0 Å². The number of nitrogens with two attached hydrogens (primary N) is 1. The molecule has 0 heterocycles. The van der Waals surface area contributed by atoms with Crippen LogP contribution in [0.25, 0.3) is 0 Å². The van der Waals surface area contributed by atoms with Crippen LogP contribution in [-0.4, -0.2) is 27.5 Å². The Morgan fingerprint density at radius 2 is 2.00 bits per heavy atom. The summed E-state index contributed by atoms with van der Waals surface area (Å²) in [5, 5.41) is 0. The fourth-order valence-corrected chi connectivity index (χ4v) is 2.77. The second-order valence-corrected chi connectivity index (χ2v) is 6.63. The second-order valence-electron chi connectivity index (χ2n) is 4.44. The number of nitrogens with one attached hydrogen (secondary N) is 1. The molecule has 0 saturated heterocycles. The summed E-state index contributed by atoms with van der Waals surface area (Å²) in [5.41, 5.74) is 5.37. The van der Waals surface area contributed by atoms with Gasteiger partial charge in [0.1, 0.15) is 15.6 Å². The Morgan fingerprint density at radius 1 is 1.39 bits per heavy atom. The van der Waals surface area contributed by atoms with Crippen molar-refractivity contribution in [2.75, 3.05) is 19.1 Å². The number of hydrogen-bond donors (Lipinski definition) is 2. The maximum Gasteiger partial charge on any atom is 0.149 e. The summed E-state index contributed by atoms with van der Waals surface area (Å²) in [6.07, 6.45) is 1.19. The molecule has 0 spiro atoms. The van der Waals surface area contributed by atoms with Crippen LogP contribution in [0, 0.1) is 13.8 Å². The van der Waals surface area contributed by atoms with Gasteiger partial charge in [0.15, 0.2) is 0 Å². The van der Waals surface area contributed by atoms with Crippen LogP contribution >= 0.6 is 0 Å². The van der Waals surface area contributed by atoms with Crippen LogP contribution in [0.1, 0.15) is 22.7 Å². The van der Waals surface area contributed by atoms with E-state index in [1.54, 1.807) is 7.11 Å². The van der Waals surface area contributed by atoms with E-state index in [0.29, 0.717) is 5.75 Å². The zero-order chi connectivity index (χ0) is 13.9.